The molecular weight excluding hydrogens is 273 g/mol. The fraction of sp³-hybridized carbons (Fsp3) is 0.200. The van der Waals surface area contributed by atoms with Crippen molar-refractivity contribution < 1.29 is 13.3 Å². The zero-order valence-electron chi connectivity index (χ0n) is 11.3. The molecule has 0 radical (unpaired) electrons. The largest absolute Gasteiger partial charge is 0.460 e. The lowest BCUT2D eigenvalue weighted by atomic mass is 10.2. The standard InChI is InChI=1S/C15H14FN3O2/c16-12-3-1-11(2-4-12)14-6-5-13(20-14)9-17-8-7-15-18-10-19-21-15/h1-6,10,17H,7-9H2. The van der Waals surface area contributed by atoms with Crippen LogP contribution in [-0.2, 0) is 13.0 Å². The van der Waals surface area contributed by atoms with Gasteiger partial charge in [0.25, 0.3) is 0 Å². The van der Waals surface area contributed by atoms with Crippen molar-refractivity contribution in [2.24, 2.45) is 0 Å². The van der Waals surface area contributed by atoms with Crippen LogP contribution in [0.15, 0.2) is 51.7 Å². The Bertz CT molecular complexity index is 677. The van der Waals surface area contributed by atoms with E-state index in [1.54, 1.807) is 12.1 Å². The Balaban J connectivity index is 1.52. The number of furan rings is 1. The lowest BCUT2D eigenvalue weighted by Gasteiger charge is -2.00. The van der Waals surface area contributed by atoms with E-state index in [1.807, 2.05) is 12.1 Å². The maximum absolute atomic E-state index is 12.9. The Morgan fingerprint density at radius 2 is 1.95 bits per heavy atom. The van der Waals surface area contributed by atoms with E-state index in [4.69, 9.17) is 8.94 Å². The Hall–Kier alpha value is -2.47. The predicted molar refractivity (Wildman–Crippen MR) is 73.8 cm³/mol. The minimum absolute atomic E-state index is 0.256. The molecule has 2 heterocycles. The van der Waals surface area contributed by atoms with Crippen LogP contribution in [0.3, 0.4) is 0 Å². The number of nitrogens with one attached hydrogen (secondary N) is 1. The molecule has 0 unspecified atom stereocenters. The molecule has 3 rings (SSSR count). The number of halogens is 1. The van der Waals surface area contributed by atoms with Crippen LogP contribution in [0.25, 0.3) is 11.3 Å². The molecule has 0 saturated carbocycles. The first-order valence-electron chi connectivity index (χ1n) is 6.62. The molecule has 108 valence electrons. The quantitative estimate of drug-likeness (QED) is 0.706. The van der Waals surface area contributed by atoms with Crippen LogP contribution in [0.2, 0.25) is 0 Å². The number of benzene rings is 1. The van der Waals surface area contributed by atoms with E-state index in [0.717, 1.165) is 23.6 Å². The molecule has 6 heteroatoms. The lowest BCUT2D eigenvalue weighted by Crippen LogP contribution is -2.16. The van der Waals surface area contributed by atoms with Gasteiger partial charge in [-0.05, 0) is 36.4 Å². The molecule has 1 aromatic carbocycles. The first-order valence-corrected chi connectivity index (χ1v) is 6.62. The molecular formula is C15H14FN3O2. The van der Waals surface area contributed by atoms with Gasteiger partial charge < -0.3 is 14.3 Å². The second-order valence-electron chi connectivity index (χ2n) is 4.53. The van der Waals surface area contributed by atoms with Gasteiger partial charge in [0.15, 0.2) is 6.33 Å². The summed E-state index contributed by atoms with van der Waals surface area (Å²) in [5.41, 5.74) is 0.855. The third kappa shape index (κ3) is 3.55. The molecule has 0 amide bonds. The van der Waals surface area contributed by atoms with Crippen molar-refractivity contribution in [1.82, 2.24) is 15.5 Å². The van der Waals surface area contributed by atoms with Gasteiger partial charge in [-0.2, -0.15) is 4.98 Å². The van der Waals surface area contributed by atoms with Crippen LogP contribution < -0.4 is 5.32 Å². The highest BCUT2D eigenvalue weighted by molar-refractivity contribution is 5.57. The lowest BCUT2D eigenvalue weighted by molar-refractivity contribution is 0.373. The summed E-state index contributed by atoms with van der Waals surface area (Å²) in [4.78, 5) is 3.94. The average Bonchev–Trinajstić information content (AvgIpc) is 3.16. The fourth-order valence-corrected chi connectivity index (χ4v) is 1.96. The van der Waals surface area contributed by atoms with Gasteiger partial charge in [0.1, 0.15) is 17.3 Å². The van der Waals surface area contributed by atoms with E-state index < -0.39 is 0 Å². The van der Waals surface area contributed by atoms with Crippen molar-refractivity contribution in [1.29, 1.82) is 0 Å². The highest BCUT2D eigenvalue weighted by atomic mass is 19.1. The van der Waals surface area contributed by atoms with Crippen LogP contribution in [0.1, 0.15) is 11.7 Å². The van der Waals surface area contributed by atoms with Gasteiger partial charge in [-0.3, -0.25) is 0 Å². The van der Waals surface area contributed by atoms with Gasteiger partial charge in [0, 0.05) is 18.5 Å². The van der Waals surface area contributed by atoms with Crippen LogP contribution in [-0.4, -0.2) is 16.7 Å². The smallest absolute Gasteiger partial charge is 0.227 e. The highest BCUT2D eigenvalue weighted by Crippen LogP contribution is 2.22. The molecule has 21 heavy (non-hydrogen) atoms. The van der Waals surface area contributed by atoms with Gasteiger partial charge in [-0.15, -0.1) is 0 Å². The molecule has 0 bridgehead atoms. The van der Waals surface area contributed by atoms with Crippen LogP contribution in [0, 0.1) is 5.82 Å². The SMILES string of the molecule is Fc1ccc(-c2ccc(CNCCc3ncno3)o2)cc1. The first kappa shape index (κ1) is 13.5. The maximum atomic E-state index is 12.9. The number of hydrogen-bond donors (Lipinski definition) is 1. The molecule has 0 aliphatic heterocycles. The monoisotopic (exact) mass is 287 g/mol. The number of hydrogen-bond acceptors (Lipinski definition) is 5. The maximum Gasteiger partial charge on any atom is 0.227 e. The molecule has 2 aromatic heterocycles. The number of aromatic nitrogens is 2. The molecule has 0 saturated heterocycles. The number of nitrogens with zero attached hydrogens (tertiary/aromatic N) is 2. The summed E-state index contributed by atoms with van der Waals surface area (Å²) in [6, 6.07) is 10.0. The minimum Gasteiger partial charge on any atom is -0.460 e. The zero-order valence-corrected chi connectivity index (χ0v) is 11.3. The molecule has 1 N–H and O–H groups in total. The van der Waals surface area contributed by atoms with Gasteiger partial charge in [0.05, 0.1) is 6.54 Å². The van der Waals surface area contributed by atoms with E-state index in [2.05, 4.69) is 15.5 Å². The molecule has 0 aliphatic carbocycles. The summed E-state index contributed by atoms with van der Waals surface area (Å²) in [6.07, 6.45) is 2.06. The molecule has 0 spiro atoms. The second kappa shape index (κ2) is 6.32. The Labute approximate surface area is 120 Å². The summed E-state index contributed by atoms with van der Waals surface area (Å²) < 4.78 is 23.5. The van der Waals surface area contributed by atoms with E-state index in [0.29, 0.717) is 18.9 Å². The molecule has 0 fully saturated rings. The Morgan fingerprint density at radius 1 is 1.10 bits per heavy atom. The fourth-order valence-electron chi connectivity index (χ4n) is 1.96. The second-order valence-corrected chi connectivity index (χ2v) is 4.53. The normalized spacial score (nSPS) is 10.9. The molecule has 3 aromatic rings. The van der Waals surface area contributed by atoms with Crippen molar-refractivity contribution >= 4 is 0 Å². The van der Waals surface area contributed by atoms with E-state index in [9.17, 15) is 4.39 Å². The predicted octanol–water partition coefficient (Wildman–Crippen LogP) is 2.80. The van der Waals surface area contributed by atoms with Crippen molar-refractivity contribution in [3.8, 4) is 11.3 Å². The van der Waals surface area contributed by atoms with Gasteiger partial charge in [0.2, 0.25) is 5.89 Å². The molecule has 5 nitrogen and oxygen atoms in total. The average molecular weight is 287 g/mol. The topological polar surface area (TPSA) is 64.1 Å². The Kier molecular flexibility index (Phi) is 4.07. The van der Waals surface area contributed by atoms with E-state index >= 15 is 0 Å². The Morgan fingerprint density at radius 3 is 2.71 bits per heavy atom. The molecule has 0 aliphatic rings. The van der Waals surface area contributed by atoms with Crippen LogP contribution in [0.4, 0.5) is 4.39 Å². The molecule has 0 atom stereocenters. The van der Waals surface area contributed by atoms with Crippen molar-refractivity contribution in [3.05, 3.63) is 60.2 Å². The zero-order chi connectivity index (χ0) is 14.5. The van der Waals surface area contributed by atoms with Gasteiger partial charge in [-0.25, -0.2) is 4.39 Å². The third-order valence-corrected chi connectivity index (χ3v) is 3.01. The van der Waals surface area contributed by atoms with Crippen molar-refractivity contribution in [3.63, 3.8) is 0 Å². The van der Waals surface area contributed by atoms with Crippen LogP contribution in [0.5, 0.6) is 0 Å². The summed E-state index contributed by atoms with van der Waals surface area (Å²) in [5.74, 6) is 1.89. The van der Waals surface area contributed by atoms with Crippen LogP contribution >= 0.6 is 0 Å². The van der Waals surface area contributed by atoms with Crippen molar-refractivity contribution in [2.45, 2.75) is 13.0 Å². The first-order chi connectivity index (χ1) is 10.3. The third-order valence-electron chi connectivity index (χ3n) is 3.01. The van der Waals surface area contributed by atoms with Gasteiger partial charge in [-0.1, -0.05) is 5.16 Å². The minimum atomic E-state index is -0.256. The van der Waals surface area contributed by atoms with Crippen molar-refractivity contribution in [2.75, 3.05) is 6.54 Å². The van der Waals surface area contributed by atoms with Gasteiger partial charge >= 0.3 is 0 Å². The summed E-state index contributed by atoms with van der Waals surface area (Å²) in [6.45, 7) is 1.32. The summed E-state index contributed by atoms with van der Waals surface area (Å²) in [5, 5.41) is 6.78. The number of rotatable bonds is 6. The summed E-state index contributed by atoms with van der Waals surface area (Å²) in [7, 11) is 0. The van der Waals surface area contributed by atoms with E-state index in [-0.39, 0.29) is 5.82 Å². The van der Waals surface area contributed by atoms with E-state index in [1.165, 1.54) is 18.5 Å². The highest BCUT2D eigenvalue weighted by Gasteiger charge is 2.05. The summed E-state index contributed by atoms with van der Waals surface area (Å²) >= 11 is 0.